The Morgan fingerprint density at radius 1 is 0.903 bits per heavy atom. The Labute approximate surface area is 176 Å². The van der Waals surface area contributed by atoms with Crippen LogP contribution in [0.4, 0.5) is 19.0 Å². The fourth-order valence-electron chi connectivity index (χ4n) is 3.76. The van der Waals surface area contributed by atoms with E-state index >= 15 is 0 Å². The van der Waals surface area contributed by atoms with Crippen molar-refractivity contribution >= 4 is 17.0 Å². The number of benzene rings is 1. The van der Waals surface area contributed by atoms with Crippen LogP contribution in [0.25, 0.3) is 33.7 Å². The first-order valence-corrected chi connectivity index (χ1v) is 9.95. The quantitative estimate of drug-likeness (QED) is 0.485. The summed E-state index contributed by atoms with van der Waals surface area (Å²) in [7, 11) is 0. The summed E-state index contributed by atoms with van der Waals surface area (Å²) in [4.78, 5) is 18.4. The van der Waals surface area contributed by atoms with Crippen LogP contribution in [0.5, 0.6) is 0 Å². The number of hydrogen-bond acceptors (Lipinski definition) is 5. The molecular weight excluding hydrogens is 405 g/mol. The third-order valence-electron chi connectivity index (χ3n) is 5.54. The fraction of sp³-hybridized carbons (Fsp3) is 0.227. The topological polar surface area (TPSA) is 83.7 Å². The Kier molecular flexibility index (Phi) is 4.82. The first-order valence-electron chi connectivity index (χ1n) is 9.95. The monoisotopic (exact) mass is 424 g/mol. The lowest BCUT2D eigenvalue weighted by molar-refractivity contribution is 0.447. The largest absolute Gasteiger partial charge is 0.357 e. The van der Waals surface area contributed by atoms with Crippen LogP contribution in [0.1, 0.15) is 12.8 Å². The van der Waals surface area contributed by atoms with Crippen molar-refractivity contribution in [2.24, 2.45) is 5.73 Å². The fourth-order valence-corrected chi connectivity index (χ4v) is 3.76. The van der Waals surface area contributed by atoms with Crippen molar-refractivity contribution in [3.63, 3.8) is 0 Å². The lowest BCUT2D eigenvalue weighted by Crippen LogP contribution is -2.40. The van der Waals surface area contributed by atoms with Crippen LogP contribution in [-0.2, 0) is 0 Å². The zero-order valence-corrected chi connectivity index (χ0v) is 16.4. The average Bonchev–Trinajstić information content (AvgIpc) is 3.21. The second-order valence-electron chi connectivity index (χ2n) is 7.66. The van der Waals surface area contributed by atoms with Crippen LogP contribution >= 0.6 is 0 Å². The molecule has 0 radical (unpaired) electrons. The Bertz CT molecular complexity index is 1220. The molecule has 31 heavy (non-hydrogen) atoms. The van der Waals surface area contributed by atoms with E-state index in [0.29, 0.717) is 11.2 Å². The minimum atomic E-state index is -1.51. The van der Waals surface area contributed by atoms with Gasteiger partial charge < -0.3 is 15.6 Å². The van der Waals surface area contributed by atoms with Gasteiger partial charge in [-0.2, -0.15) is 0 Å². The van der Waals surface area contributed by atoms with Gasteiger partial charge in [0.05, 0.1) is 5.52 Å². The van der Waals surface area contributed by atoms with E-state index in [-0.39, 0.29) is 17.4 Å². The van der Waals surface area contributed by atoms with Crippen molar-refractivity contribution in [2.45, 2.75) is 18.9 Å². The highest BCUT2D eigenvalue weighted by Gasteiger charge is 2.18. The molecule has 158 valence electrons. The minimum absolute atomic E-state index is 0.100. The number of nitrogens with zero attached hydrogens (tertiary/aromatic N) is 4. The first-order chi connectivity index (χ1) is 15.0. The van der Waals surface area contributed by atoms with E-state index in [2.05, 4.69) is 24.8 Å². The molecule has 9 heteroatoms. The summed E-state index contributed by atoms with van der Waals surface area (Å²) in [6.45, 7) is 1.78. The number of aromatic amines is 1. The summed E-state index contributed by atoms with van der Waals surface area (Å²) in [6, 6.07) is 7.84. The van der Waals surface area contributed by atoms with Crippen LogP contribution in [-0.4, -0.2) is 39.1 Å². The summed E-state index contributed by atoms with van der Waals surface area (Å²) in [5.41, 5.74) is 8.74. The first kappa shape index (κ1) is 19.5. The Hall–Kier alpha value is -3.46. The summed E-state index contributed by atoms with van der Waals surface area (Å²) in [6.07, 6.45) is 5.35. The molecule has 5 rings (SSSR count). The van der Waals surface area contributed by atoms with Crippen molar-refractivity contribution in [1.29, 1.82) is 0 Å². The summed E-state index contributed by atoms with van der Waals surface area (Å²) in [5.74, 6) is -2.94. The van der Waals surface area contributed by atoms with Gasteiger partial charge in [0.1, 0.15) is 11.6 Å². The number of nitrogens with one attached hydrogen (secondary N) is 1. The SMILES string of the molecule is NC1CCN(c2ccc(-c3cnc4nc(-c5cc(F)c(F)c(F)c5)[nH]c4c3)cn2)CC1. The number of fused-ring (bicyclic) bond motifs is 1. The van der Waals surface area contributed by atoms with Crippen LogP contribution in [0.3, 0.4) is 0 Å². The smallest absolute Gasteiger partial charge is 0.194 e. The normalized spacial score (nSPS) is 15.0. The maximum atomic E-state index is 13.6. The maximum absolute atomic E-state index is 13.6. The lowest BCUT2D eigenvalue weighted by atomic mass is 10.1. The zero-order valence-electron chi connectivity index (χ0n) is 16.4. The van der Waals surface area contributed by atoms with Crippen LogP contribution in [0.2, 0.25) is 0 Å². The summed E-state index contributed by atoms with van der Waals surface area (Å²) in [5, 5.41) is 0. The van der Waals surface area contributed by atoms with Crippen molar-refractivity contribution in [2.75, 3.05) is 18.0 Å². The molecule has 0 bridgehead atoms. The van der Waals surface area contributed by atoms with E-state index in [1.165, 1.54) is 0 Å². The molecule has 1 fully saturated rings. The predicted molar refractivity (Wildman–Crippen MR) is 112 cm³/mol. The standard InChI is InChI=1S/C22H19F3N6/c23-16-7-13(8-17(24)20(16)25)21-29-18-9-14(11-28-22(18)30-21)12-1-2-19(27-10-12)31-5-3-15(26)4-6-31/h1-2,7-11,15H,3-6,26H2,(H,28,29,30). The third-order valence-corrected chi connectivity index (χ3v) is 5.54. The molecule has 0 spiro atoms. The van der Waals surface area contributed by atoms with Crippen LogP contribution in [0.15, 0.2) is 42.7 Å². The third kappa shape index (κ3) is 3.72. The van der Waals surface area contributed by atoms with Gasteiger partial charge in [0.15, 0.2) is 23.1 Å². The van der Waals surface area contributed by atoms with Gasteiger partial charge in [-0.1, -0.05) is 0 Å². The van der Waals surface area contributed by atoms with E-state index in [0.717, 1.165) is 55.0 Å². The highest BCUT2D eigenvalue weighted by atomic mass is 19.2. The number of aromatic nitrogens is 4. The number of piperidine rings is 1. The van der Waals surface area contributed by atoms with E-state index in [9.17, 15) is 13.2 Å². The number of anilines is 1. The van der Waals surface area contributed by atoms with E-state index < -0.39 is 17.5 Å². The number of rotatable bonds is 3. The minimum Gasteiger partial charge on any atom is -0.357 e. The second kappa shape index (κ2) is 7.66. The summed E-state index contributed by atoms with van der Waals surface area (Å²) >= 11 is 0. The van der Waals surface area contributed by atoms with Gasteiger partial charge in [-0.3, -0.25) is 0 Å². The molecule has 1 aliphatic rings. The van der Waals surface area contributed by atoms with Gasteiger partial charge in [-0.25, -0.2) is 28.1 Å². The number of hydrogen-bond donors (Lipinski definition) is 2. The van der Waals surface area contributed by atoms with Gasteiger partial charge in [0.25, 0.3) is 0 Å². The van der Waals surface area contributed by atoms with Gasteiger partial charge >= 0.3 is 0 Å². The molecule has 1 aliphatic heterocycles. The van der Waals surface area contributed by atoms with Crippen LogP contribution in [0, 0.1) is 17.5 Å². The van der Waals surface area contributed by atoms with Crippen molar-refractivity contribution in [3.8, 4) is 22.5 Å². The number of imidazole rings is 1. The molecule has 0 atom stereocenters. The number of halogens is 3. The molecule has 0 unspecified atom stereocenters. The molecule has 3 N–H and O–H groups in total. The molecule has 1 saturated heterocycles. The van der Waals surface area contributed by atoms with Gasteiger partial charge in [0, 0.05) is 48.2 Å². The zero-order chi connectivity index (χ0) is 21.5. The molecule has 4 heterocycles. The highest BCUT2D eigenvalue weighted by molar-refractivity contribution is 5.81. The predicted octanol–water partition coefficient (Wildman–Crippen LogP) is 4.03. The Morgan fingerprint density at radius 2 is 1.61 bits per heavy atom. The average molecular weight is 424 g/mol. The molecule has 0 aliphatic carbocycles. The number of pyridine rings is 2. The van der Waals surface area contributed by atoms with Gasteiger partial charge in [-0.15, -0.1) is 0 Å². The molecule has 3 aromatic heterocycles. The van der Waals surface area contributed by atoms with Crippen molar-refractivity contribution in [1.82, 2.24) is 19.9 Å². The van der Waals surface area contributed by atoms with Crippen molar-refractivity contribution in [3.05, 3.63) is 60.2 Å². The molecule has 0 saturated carbocycles. The highest BCUT2D eigenvalue weighted by Crippen LogP contribution is 2.27. The summed E-state index contributed by atoms with van der Waals surface area (Å²) < 4.78 is 40.4. The molecule has 0 amide bonds. The number of nitrogens with two attached hydrogens (primary N) is 1. The van der Waals surface area contributed by atoms with E-state index in [1.807, 2.05) is 18.2 Å². The van der Waals surface area contributed by atoms with E-state index in [4.69, 9.17) is 5.73 Å². The molecule has 4 aromatic rings. The Balaban J connectivity index is 1.42. The van der Waals surface area contributed by atoms with E-state index in [1.54, 1.807) is 12.4 Å². The van der Waals surface area contributed by atoms with Crippen molar-refractivity contribution < 1.29 is 13.2 Å². The maximum Gasteiger partial charge on any atom is 0.194 e. The Morgan fingerprint density at radius 3 is 2.29 bits per heavy atom. The van der Waals surface area contributed by atoms with Crippen LogP contribution < -0.4 is 10.6 Å². The number of H-pyrrole nitrogens is 1. The molecule has 6 nitrogen and oxygen atoms in total. The van der Waals surface area contributed by atoms with Gasteiger partial charge in [0.2, 0.25) is 0 Å². The molecule has 1 aromatic carbocycles. The lowest BCUT2D eigenvalue weighted by Gasteiger charge is -2.31. The second-order valence-corrected chi connectivity index (χ2v) is 7.66. The molecular formula is C22H19F3N6. The van der Waals surface area contributed by atoms with Gasteiger partial charge in [-0.05, 0) is 43.2 Å².